The first kappa shape index (κ1) is 38.5. The molecule has 1 saturated carbocycles. The smallest absolute Gasteiger partial charge is 0.378 e. The topological polar surface area (TPSA) is 73.4 Å². The minimum Gasteiger partial charge on any atom is -0.378 e. The molecule has 0 aliphatic heterocycles. The monoisotopic (exact) mass is 737 g/mol. The van der Waals surface area contributed by atoms with Crippen LogP contribution in [0.5, 0.6) is 0 Å². The van der Waals surface area contributed by atoms with Gasteiger partial charge in [-0.3, -0.25) is 10.1 Å². The van der Waals surface area contributed by atoms with Crippen LogP contribution in [-0.2, 0) is 11.6 Å². The van der Waals surface area contributed by atoms with E-state index in [0.29, 0.717) is 36.1 Å². The van der Waals surface area contributed by atoms with Crippen LogP contribution in [0.25, 0.3) is 22.3 Å². The zero-order chi connectivity index (χ0) is 37.6. The predicted octanol–water partition coefficient (Wildman–Crippen LogP) is 9.25. The molecule has 4 aromatic rings. The Labute approximate surface area is 306 Å². The number of fused-ring (bicyclic) bond motifs is 3. The summed E-state index contributed by atoms with van der Waals surface area (Å²) < 4.78 is 78.8. The number of carbonyl (C=O) groups is 1. The van der Waals surface area contributed by atoms with E-state index in [4.69, 9.17) is 0 Å². The molecule has 0 saturated heterocycles. The molecule has 0 spiro atoms. The minimum absolute atomic E-state index is 0.0753. The summed E-state index contributed by atoms with van der Waals surface area (Å²) >= 11 is 0. The second kappa shape index (κ2) is 16.4. The van der Waals surface area contributed by atoms with Crippen LogP contribution < -0.4 is 16.0 Å². The number of hydrogen-bond donors (Lipinski definition) is 4. The number of aliphatic hydroxyl groups is 1. The van der Waals surface area contributed by atoms with Crippen LogP contribution in [0.15, 0.2) is 97.1 Å². The number of rotatable bonds is 14. The Bertz CT molecular complexity index is 1800. The molecule has 4 N–H and O–H groups in total. The third-order valence-corrected chi connectivity index (χ3v) is 10.8. The highest BCUT2D eigenvalue weighted by atomic mass is 19.4. The summed E-state index contributed by atoms with van der Waals surface area (Å²) in [5.41, 5.74) is 4.31. The number of alkyl halides is 6. The van der Waals surface area contributed by atoms with Gasteiger partial charge < -0.3 is 15.7 Å². The summed E-state index contributed by atoms with van der Waals surface area (Å²) in [5, 5.41) is 20.1. The van der Waals surface area contributed by atoms with Crippen LogP contribution in [0.3, 0.4) is 0 Å². The average molecular weight is 738 g/mol. The van der Waals surface area contributed by atoms with Gasteiger partial charge >= 0.3 is 12.4 Å². The molecular weight excluding hydrogens is 692 g/mol. The standard InChI is InChI=1S/C42H45F6N3O2/c43-41(44,45)27-49-26-40(36-17-6-4-14-33(36)34-15-5-7-18-37(34)40)23-8-1-9-24-50-38(52)29-11-10-12-31(25-29)51-39(53)35-16-3-2-13-32(35)28-19-21-30(22-20-28)42(46,47)48/h2-7,13-22,29,31,38,49-50,52H,1,8-12,23-27H2,(H,51,53)/t29?,31?,38-/m1/s1. The molecule has 0 radical (unpaired) electrons. The van der Waals surface area contributed by atoms with Gasteiger partial charge in [0, 0.05) is 29.5 Å². The average Bonchev–Trinajstić information content (AvgIpc) is 3.41. The van der Waals surface area contributed by atoms with Gasteiger partial charge in [0.05, 0.1) is 12.1 Å². The van der Waals surface area contributed by atoms with Gasteiger partial charge in [-0.1, -0.05) is 98.1 Å². The molecule has 2 unspecified atom stereocenters. The van der Waals surface area contributed by atoms with Gasteiger partial charge in [0.15, 0.2) is 0 Å². The molecule has 282 valence electrons. The Hall–Kier alpha value is -4.19. The van der Waals surface area contributed by atoms with Crippen LogP contribution in [-0.4, -0.2) is 49.1 Å². The molecular formula is C42H45F6N3O2. The molecule has 11 heteroatoms. The van der Waals surface area contributed by atoms with E-state index < -0.39 is 36.1 Å². The van der Waals surface area contributed by atoms with Gasteiger partial charge in [-0.2, -0.15) is 26.3 Å². The van der Waals surface area contributed by atoms with Crippen LogP contribution in [0.4, 0.5) is 26.3 Å². The number of halogens is 6. The van der Waals surface area contributed by atoms with Crippen molar-refractivity contribution in [2.75, 3.05) is 19.6 Å². The van der Waals surface area contributed by atoms with Gasteiger partial charge in [-0.25, -0.2) is 0 Å². The molecule has 5 nitrogen and oxygen atoms in total. The molecule has 3 atom stereocenters. The Morgan fingerprint density at radius 2 is 1.40 bits per heavy atom. The second-order valence-electron chi connectivity index (χ2n) is 14.3. The van der Waals surface area contributed by atoms with Crippen LogP contribution in [0.1, 0.15) is 78.4 Å². The summed E-state index contributed by atoms with van der Waals surface area (Å²) in [6, 6.07) is 27.3. The van der Waals surface area contributed by atoms with Crippen molar-refractivity contribution in [2.24, 2.45) is 5.92 Å². The lowest BCUT2D eigenvalue weighted by molar-refractivity contribution is -0.137. The summed E-state index contributed by atoms with van der Waals surface area (Å²) in [6.07, 6.45) is -3.49. The largest absolute Gasteiger partial charge is 0.416 e. The maximum absolute atomic E-state index is 13.4. The predicted molar refractivity (Wildman–Crippen MR) is 194 cm³/mol. The Balaban J connectivity index is 1.00. The van der Waals surface area contributed by atoms with Crippen molar-refractivity contribution in [1.82, 2.24) is 16.0 Å². The van der Waals surface area contributed by atoms with Crippen molar-refractivity contribution in [3.63, 3.8) is 0 Å². The van der Waals surface area contributed by atoms with Crippen molar-refractivity contribution >= 4 is 5.91 Å². The lowest BCUT2D eigenvalue weighted by Crippen LogP contribution is -2.44. The fourth-order valence-corrected chi connectivity index (χ4v) is 8.21. The Morgan fingerprint density at radius 3 is 2.04 bits per heavy atom. The number of nitrogens with one attached hydrogen (secondary N) is 3. The van der Waals surface area contributed by atoms with E-state index in [9.17, 15) is 36.2 Å². The first-order chi connectivity index (χ1) is 25.4. The summed E-state index contributed by atoms with van der Waals surface area (Å²) in [6.45, 7) is -0.304. The number of hydrogen-bond acceptors (Lipinski definition) is 4. The zero-order valence-corrected chi connectivity index (χ0v) is 29.4. The van der Waals surface area contributed by atoms with Gasteiger partial charge in [-0.05, 0) is 90.2 Å². The van der Waals surface area contributed by atoms with Crippen molar-refractivity contribution in [2.45, 2.75) is 81.4 Å². The molecule has 0 aromatic heterocycles. The first-order valence-electron chi connectivity index (χ1n) is 18.3. The van der Waals surface area contributed by atoms with E-state index in [0.717, 1.165) is 72.9 Å². The van der Waals surface area contributed by atoms with Gasteiger partial charge in [0.2, 0.25) is 0 Å². The molecule has 4 aromatic carbocycles. The number of aliphatic hydroxyl groups excluding tert-OH is 1. The van der Waals surface area contributed by atoms with E-state index >= 15 is 0 Å². The third kappa shape index (κ3) is 9.13. The number of unbranched alkanes of at least 4 members (excludes halogenated alkanes) is 2. The van der Waals surface area contributed by atoms with Crippen LogP contribution in [0, 0.1) is 5.92 Å². The van der Waals surface area contributed by atoms with Crippen LogP contribution in [0.2, 0.25) is 0 Å². The SMILES string of the molecule is O=C(NC1CCCC([C@@H](O)NCCCCCC2(CNCC(F)(F)F)c3ccccc3-c3ccccc32)C1)c1ccccc1-c1ccc(C(F)(F)F)cc1. The lowest BCUT2D eigenvalue weighted by atomic mass is 9.74. The molecule has 1 amide bonds. The fraction of sp³-hybridized carbons (Fsp3) is 0.405. The second-order valence-corrected chi connectivity index (χ2v) is 14.3. The van der Waals surface area contributed by atoms with E-state index in [1.54, 1.807) is 24.3 Å². The molecule has 2 aliphatic rings. The fourth-order valence-electron chi connectivity index (χ4n) is 8.21. The highest BCUT2D eigenvalue weighted by molar-refractivity contribution is 6.01. The summed E-state index contributed by atoms with van der Waals surface area (Å²) in [7, 11) is 0. The van der Waals surface area contributed by atoms with E-state index in [1.165, 1.54) is 12.1 Å². The maximum atomic E-state index is 13.4. The minimum atomic E-state index is -4.45. The lowest BCUT2D eigenvalue weighted by Gasteiger charge is -2.33. The zero-order valence-electron chi connectivity index (χ0n) is 29.4. The Kier molecular flexibility index (Phi) is 12.0. The summed E-state index contributed by atoms with van der Waals surface area (Å²) in [5.74, 6) is -0.388. The molecule has 1 fully saturated rings. The highest BCUT2D eigenvalue weighted by Crippen LogP contribution is 2.51. The quantitative estimate of drug-likeness (QED) is 0.0592. The maximum Gasteiger partial charge on any atom is 0.416 e. The van der Waals surface area contributed by atoms with Gasteiger partial charge in [0.1, 0.15) is 6.23 Å². The molecule has 6 rings (SSSR count). The van der Waals surface area contributed by atoms with Crippen molar-refractivity contribution in [3.8, 4) is 22.3 Å². The van der Waals surface area contributed by atoms with E-state index in [2.05, 4.69) is 16.0 Å². The third-order valence-electron chi connectivity index (χ3n) is 10.8. The number of benzene rings is 4. The molecule has 2 aliphatic carbocycles. The van der Waals surface area contributed by atoms with Gasteiger partial charge in [-0.15, -0.1) is 0 Å². The van der Waals surface area contributed by atoms with Crippen LogP contribution >= 0.6 is 0 Å². The molecule has 53 heavy (non-hydrogen) atoms. The van der Waals surface area contributed by atoms with E-state index in [-0.39, 0.29) is 24.4 Å². The van der Waals surface area contributed by atoms with Crippen molar-refractivity contribution in [3.05, 3.63) is 119 Å². The number of amides is 1. The normalized spacial score (nSPS) is 18.6. The van der Waals surface area contributed by atoms with E-state index in [1.807, 2.05) is 48.5 Å². The Morgan fingerprint density at radius 1 is 0.774 bits per heavy atom. The van der Waals surface area contributed by atoms with Crippen molar-refractivity contribution in [1.29, 1.82) is 0 Å². The van der Waals surface area contributed by atoms with Gasteiger partial charge in [0.25, 0.3) is 5.91 Å². The summed E-state index contributed by atoms with van der Waals surface area (Å²) in [4.78, 5) is 13.4. The molecule has 0 heterocycles. The van der Waals surface area contributed by atoms with Crippen molar-refractivity contribution < 1.29 is 36.2 Å². The number of carbonyl (C=O) groups excluding carboxylic acids is 1. The molecule has 0 bridgehead atoms. The highest BCUT2D eigenvalue weighted by Gasteiger charge is 2.43. The first-order valence-corrected chi connectivity index (χ1v) is 18.3.